The second kappa shape index (κ2) is 8.31. The highest BCUT2D eigenvalue weighted by Crippen LogP contribution is 2.16. The van der Waals surface area contributed by atoms with Crippen LogP contribution in [0.3, 0.4) is 0 Å². The van der Waals surface area contributed by atoms with Crippen LogP contribution in [-0.2, 0) is 7.05 Å². The predicted molar refractivity (Wildman–Crippen MR) is 90.0 cm³/mol. The van der Waals surface area contributed by atoms with Crippen LogP contribution in [0, 0.1) is 11.8 Å². The van der Waals surface area contributed by atoms with Gasteiger partial charge in [-0.2, -0.15) is 5.10 Å². The van der Waals surface area contributed by atoms with Gasteiger partial charge in [0, 0.05) is 13.1 Å². The molecule has 2 rings (SSSR count). The van der Waals surface area contributed by atoms with E-state index in [1.807, 2.05) is 0 Å². The van der Waals surface area contributed by atoms with E-state index in [2.05, 4.69) is 22.3 Å². The highest BCUT2D eigenvalue weighted by molar-refractivity contribution is 5.95. The van der Waals surface area contributed by atoms with Gasteiger partial charge in [-0.05, 0) is 18.2 Å². The minimum Gasteiger partial charge on any atom is -0.480 e. The Hall–Kier alpha value is -3.60. The lowest BCUT2D eigenvalue weighted by molar-refractivity contribution is 0.0950. The van der Waals surface area contributed by atoms with Gasteiger partial charge < -0.3 is 15.8 Å². The average Bonchev–Trinajstić information content (AvgIpc) is 2.60. The number of rotatable bonds is 5. The van der Waals surface area contributed by atoms with Gasteiger partial charge in [0.1, 0.15) is 18.1 Å². The van der Waals surface area contributed by atoms with Crippen LogP contribution in [0.2, 0.25) is 0 Å². The first kappa shape index (κ1) is 17.7. The number of aromatic nitrogens is 2. The number of carbonyl (C=O) groups is 2. The Morgan fingerprint density at radius 3 is 2.72 bits per heavy atom. The lowest BCUT2D eigenvalue weighted by Crippen LogP contribution is -2.28. The minimum atomic E-state index is -0.583. The largest absolute Gasteiger partial charge is 0.480 e. The number of aryl methyl sites for hydroxylation is 1. The van der Waals surface area contributed by atoms with Gasteiger partial charge in [-0.15, -0.1) is 0 Å². The number of hydrogen-bond donors (Lipinski definition) is 2. The Morgan fingerprint density at radius 1 is 1.24 bits per heavy atom. The van der Waals surface area contributed by atoms with Crippen LogP contribution in [0.1, 0.15) is 20.8 Å². The number of nitrogens with zero attached hydrogens (tertiary/aromatic N) is 2. The number of nitrogens with two attached hydrogens (primary N) is 1. The zero-order valence-corrected chi connectivity index (χ0v) is 13.5. The number of ether oxygens (including phenoxy) is 1. The van der Waals surface area contributed by atoms with Gasteiger partial charge >= 0.3 is 0 Å². The van der Waals surface area contributed by atoms with Gasteiger partial charge in [-0.3, -0.25) is 14.4 Å². The lowest BCUT2D eigenvalue weighted by atomic mass is 10.2. The Labute approximate surface area is 143 Å². The SMILES string of the molecule is Cn1nc(C(=O)NCC#CCOc2ccccc2C(N)=O)ccc1=O. The molecule has 0 saturated heterocycles. The number of amides is 2. The molecule has 3 N–H and O–H groups in total. The van der Waals surface area contributed by atoms with Crippen LogP contribution in [0.25, 0.3) is 0 Å². The zero-order chi connectivity index (χ0) is 18.2. The summed E-state index contributed by atoms with van der Waals surface area (Å²) in [5.41, 5.74) is 5.34. The van der Waals surface area contributed by atoms with Crippen LogP contribution in [-0.4, -0.2) is 34.7 Å². The molecule has 2 amide bonds. The van der Waals surface area contributed by atoms with E-state index in [1.165, 1.54) is 19.2 Å². The lowest BCUT2D eigenvalue weighted by Gasteiger charge is -2.05. The molecule has 1 aromatic carbocycles. The van der Waals surface area contributed by atoms with Crippen molar-refractivity contribution in [3.63, 3.8) is 0 Å². The number of benzene rings is 1. The van der Waals surface area contributed by atoms with Crippen molar-refractivity contribution in [3.05, 3.63) is 58.0 Å². The molecule has 0 atom stereocenters. The van der Waals surface area contributed by atoms with E-state index in [9.17, 15) is 14.4 Å². The van der Waals surface area contributed by atoms with Crippen molar-refractivity contribution < 1.29 is 14.3 Å². The monoisotopic (exact) mass is 340 g/mol. The molecule has 0 spiro atoms. The second-order valence-electron chi connectivity index (χ2n) is 4.87. The van der Waals surface area contributed by atoms with Crippen LogP contribution in [0.5, 0.6) is 5.75 Å². The molecule has 0 radical (unpaired) electrons. The van der Waals surface area contributed by atoms with Gasteiger partial charge in [0.2, 0.25) is 0 Å². The summed E-state index contributed by atoms with van der Waals surface area (Å²) in [5.74, 6) is 4.75. The summed E-state index contributed by atoms with van der Waals surface area (Å²) in [5, 5.41) is 6.38. The third-order valence-electron chi connectivity index (χ3n) is 3.11. The molecular weight excluding hydrogens is 324 g/mol. The van der Waals surface area contributed by atoms with Gasteiger partial charge in [-0.25, -0.2) is 4.68 Å². The van der Waals surface area contributed by atoms with Crippen molar-refractivity contribution in [3.8, 4) is 17.6 Å². The molecule has 0 saturated carbocycles. The molecule has 25 heavy (non-hydrogen) atoms. The first-order valence-corrected chi connectivity index (χ1v) is 7.29. The fraction of sp³-hybridized carbons (Fsp3) is 0.176. The Morgan fingerprint density at radius 2 is 2.00 bits per heavy atom. The number of para-hydroxylation sites is 1. The van der Waals surface area contributed by atoms with Crippen molar-refractivity contribution in [2.45, 2.75) is 0 Å². The molecular formula is C17H16N4O4. The van der Waals surface area contributed by atoms with E-state index in [1.54, 1.807) is 24.3 Å². The molecule has 8 nitrogen and oxygen atoms in total. The summed E-state index contributed by atoms with van der Waals surface area (Å²) in [7, 11) is 1.46. The standard InChI is InChI=1S/C17H16N4O4/c1-21-15(22)9-8-13(20-21)17(24)19-10-4-5-11-25-14-7-3-2-6-12(14)16(18)23/h2-3,6-9H,10-11H2,1H3,(H2,18,23)(H,19,24). The summed E-state index contributed by atoms with van der Waals surface area (Å²) >= 11 is 0. The molecule has 1 heterocycles. The van der Waals surface area contributed by atoms with Crippen LogP contribution in [0.15, 0.2) is 41.2 Å². The highest BCUT2D eigenvalue weighted by Gasteiger charge is 2.08. The molecule has 2 aromatic rings. The first-order valence-electron chi connectivity index (χ1n) is 7.29. The van der Waals surface area contributed by atoms with E-state index in [-0.39, 0.29) is 30.0 Å². The fourth-order valence-corrected chi connectivity index (χ4v) is 1.86. The third-order valence-corrected chi connectivity index (χ3v) is 3.11. The summed E-state index contributed by atoms with van der Waals surface area (Å²) in [4.78, 5) is 34.3. The normalized spacial score (nSPS) is 9.64. The van der Waals surface area contributed by atoms with E-state index in [0.29, 0.717) is 5.75 Å². The highest BCUT2D eigenvalue weighted by atomic mass is 16.5. The van der Waals surface area contributed by atoms with Gasteiger partial charge in [0.15, 0.2) is 0 Å². The van der Waals surface area contributed by atoms with Gasteiger partial charge in [0.05, 0.1) is 12.1 Å². The molecule has 128 valence electrons. The number of primary amides is 1. The summed E-state index contributed by atoms with van der Waals surface area (Å²) < 4.78 is 6.46. The quantitative estimate of drug-likeness (QED) is 0.724. The maximum absolute atomic E-state index is 11.8. The molecule has 8 heteroatoms. The van der Waals surface area contributed by atoms with Crippen molar-refractivity contribution >= 4 is 11.8 Å². The number of carbonyl (C=O) groups excluding carboxylic acids is 2. The van der Waals surface area contributed by atoms with Crippen molar-refractivity contribution in [2.75, 3.05) is 13.2 Å². The molecule has 0 aliphatic heterocycles. The summed E-state index contributed by atoms with van der Waals surface area (Å²) in [6, 6.07) is 9.18. The van der Waals surface area contributed by atoms with E-state index in [4.69, 9.17) is 10.5 Å². The Kier molecular flexibility index (Phi) is 5.90. The van der Waals surface area contributed by atoms with Crippen molar-refractivity contribution in [2.24, 2.45) is 12.8 Å². The fourth-order valence-electron chi connectivity index (χ4n) is 1.86. The number of nitrogens with one attached hydrogen (secondary N) is 1. The first-order chi connectivity index (χ1) is 12.0. The van der Waals surface area contributed by atoms with Crippen LogP contribution < -0.4 is 21.3 Å². The molecule has 0 bridgehead atoms. The Bertz CT molecular complexity index is 909. The topological polar surface area (TPSA) is 116 Å². The Balaban J connectivity index is 1.83. The van der Waals surface area contributed by atoms with Crippen LogP contribution >= 0.6 is 0 Å². The average molecular weight is 340 g/mol. The zero-order valence-electron chi connectivity index (χ0n) is 13.5. The van der Waals surface area contributed by atoms with E-state index >= 15 is 0 Å². The predicted octanol–water partition coefficient (Wildman–Crippen LogP) is -0.309. The van der Waals surface area contributed by atoms with E-state index in [0.717, 1.165) is 4.68 Å². The molecule has 0 unspecified atom stereocenters. The summed E-state index contributed by atoms with van der Waals surface area (Å²) in [6.45, 7) is 0.127. The number of hydrogen-bond acceptors (Lipinski definition) is 5. The molecule has 1 aromatic heterocycles. The van der Waals surface area contributed by atoms with Gasteiger partial charge in [-0.1, -0.05) is 24.0 Å². The van der Waals surface area contributed by atoms with Crippen molar-refractivity contribution in [1.82, 2.24) is 15.1 Å². The second-order valence-corrected chi connectivity index (χ2v) is 4.87. The van der Waals surface area contributed by atoms with Crippen molar-refractivity contribution in [1.29, 1.82) is 0 Å². The smallest absolute Gasteiger partial charge is 0.272 e. The maximum Gasteiger partial charge on any atom is 0.272 e. The maximum atomic E-state index is 11.8. The molecule has 0 aliphatic rings. The summed E-state index contributed by atoms with van der Waals surface area (Å²) in [6.07, 6.45) is 0. The minimum absolute atomic E-state index is 0.0399. The third kappa shape index (κ3) is 4.94. The van der Waals surface area contributed by atoms with Gasteiger partial charge in [0.25, 0.3) is 17.4 Å². The van der Waals surface area contributed by atoms with Crippen LogP contribution in [0.4, 0.5) is 0 Å². The van der Waals surface area contributed by atoms with E-state index < -0.39 is 11.8 Å². The molecule has 0 fully saturated rings. The molecule has 0 aliphatic carbocycles.